The van der Waals surface area contributed by atoms with Crippen molar-refractivity contribution in [2.45, 2.75) is 6.42 Å². The molecular weight excluding hydrogens is 240 g/mol. The summed E-state index contributed by atoms with van der Waals surface area (Å²) in [5.41, 5.74) is 8.08. The fourth-order valence-electron chi connectivity index (χ4n) is 1.79. The van der Waals surface area contributed by atoms with Crippen molar-refractivity contribution in [3.8, 4) is 5.69 Å². The summed E-state index contributed by atoms with van der Waals surface area (Å²) in [6, 6.07) is 9.72. The second kappa shape index (κ2) is 5.67. The minimum atomic E-state index is -0.0986. The monoisotopic (exact) mass is 258 g/mol. The van der Waals surface area contributed by atoms with Crippen LogP contribution in [0.3, 0.4) is 0 Å². The molecule has 2 N–H and O–H groups in total. The molecule has 0 spiro atoms. The molecule has 0 aliphatic rings. The van der Waals surface area contributed by atoms with E-state index in [1.807, 2.05) is 24.3 Å². The van der Waals surface area contributed by atoms with Gasteiger partial charge in [0, 0.05) is 20.3 Å². The molecular formula is C14H18N4O. The number of hydrogen-bond acceptors (Lipinski definition) is 3. The highest BCUT2D eigenvalue weighted by Gasteiger charge is 2.11. The zero-order valence-electron chi connectivity index (χ0n) is 11.2. The van der Waals surface area contributed by atoms with Gasteiger partial charge < -0.3 is 10.6 Å². The van der Waals surface area contributed by atoms with Gasteiger partial charge in [-0.05, 0) is 36.7 Å². The highest BCUT2D eigenvalue weighted by atomic mass is 16.2. The lowest BCUT2D eigenvalue weighted by Gasteiger charge is -2.07. The molecule has 2 rings (SSSR count). The summed E-state index contributed by atoms with van der Waals surface area (Å²) in [6.07, 6.45) is 2.65. The Labute approximate surface area is 112 Å². The summed E-state index contributed by atoms with van der Waals surface area (Å²) in [7, 11) is 3.42. The number of hydrogen-bond donors (Lipinski definition) is 1. The first-order valence-corrected chi connectivity index (χ1v) is 6.18. The van der Waals surface area contributed by atoms with Gasteiger partial charge in [0.05, 0.1) is 5.69 Å². The average molecular weight is 258 g/mol. The molecule has 1 aromatic heterocycles. The van der Waals surface area contributed by atoms with Crippen molar-refractivity contribution < 1.29 is 4.79 Å². The van der Waals surface area contributed by atoms with Crippen LogP contribution >= 0.6 is 0 Å². The third-order valence-electron chi connectivity index (χ3n) is 2.85. The topological polar surface area (TPSA) is 64.2 Å². The van der Waals surface area contributed by atoms with Crippen LogP contribution in [0.4, 0.5) is 0 Å². The van der Waals surface area contributed by atoms with Gasteiger partial charge in [0.25, 0.3) is 5.91 Å². The second-order valence-corrected chi connectivity index (χ2v) is 4.55. The molecule has 0 aliphatic heterocycles. The Kier molecular flexibility index (Phi) is 3.97. The molecule has 2 aromatic rings. The number of nitrogens with two attached hydrogens (primary N) is 1. The van der Waals surface area contributed by atoms with Crippen molar-refractivity contribution >= 4 is 5.91 Å². The average Bonchev–Trinajstić information content (AvgIpc) is 2.88. The standard InChI is InChI=1S/C14H18N4O/c1-17(2)14(19)13-8-10-18(16-13)12-5-3-11(4-6-12)7-9-15/h3-6,8,10H,7,9,15H2,1-2H3. The van der Waals surface area contributed by atoms with Crippen molar-refractivity contribution in [1.29, 1.82) is 0 Å². The van der Waals surface area contributed by atoms with Gasteiger partial charge in [-0.2, -0.15) is 5.10 Å². The van der Waals surface area contributed by atoms with Crippen molar-refractivity contribution in [3.05, 3.63) is 47.8 Å². The Hall–Kier alpha value is -2.14. The van der Waals surface area contributed by atoms with E-state index in [2.05, 4.69) is 5.10 Å². The summed E-state index contributed by atoms with van der Waals surface area (Å²) < 4.78 is 1.70. The van der Waals surface area contributed by atoms with Crippen LogP contribution in [0.1, 0.15) is 16.1 Å². The molecule has 0 fully saturated rings. The summed E-state index contributed by atoms with van der Waals surface area (Å²) >= 11 is 0. The van der Waals surface area contributed by atoms with Crippen LogP contribution in [0.15, 0.2) is 36.5 Å². The van der Waals surface area contributed by atoms with Crippen LogP contribution in [0, 0.1) is 0 Å². The highest BCUT2D eigenvalue weighted by molar-refractivity contribution is 5.91. The van der Waals surface area contributed by atoms with E-state index in [0.29, 0.717) is 12.2 Å². The lowest BCUT2D eigenvalue weighted by atomic mass is 10.1. The molecule has 0 unspecified atom stereocenters. The molecule has 0 saturated heterocycles. The summed E-state index contributed by atoms with van der Waals surface area (Å²) in [4.78, 5) is 13.3. The smallest absolute Gasteiger partial charge is 0.273 e. The normalized spacial score (nSPS) is 10.5. The molecule has 0 aliphatic carbocycles. The Morgan fingerprint density at radius 1 is 1.26 bits per heavy atom. The van der Waals surface area contributed by atoms with Crippen LogP contribution in [-0.2, 0) is 6.42 Å². The van der Waals surface area contributed by atoms with Crippen LogP contribution < -0.4 is 5.73 Å². The summed E-state index contributed by atoms with van der Waals surface area (Å²) in [6.45, 7) is 0.641. The number of benzene rings is 1. The molecule has 5 heteroatoms. The zero-order chi connectivity index (χ0) is 13.8. The second-order valence-electron chi connectivity index (χ2n) is 4.55. The third kappa shape index (κ3) is 3.00. The van der Waals surface area contributed by atoms with Gasteiger partial charge in [0.2, 0.25) is 0 Å². The van der Waals surface area contributed by atoms with E-state index in [-0.39, 0.29) is 5.91 Å². The maximum atomic E-state index is 11.8. The van der Waals surface area contributed by atoms with Crippen LogP contribution in [-0.4, -0.2) is 41.2 Å². The first-order chi connectivity index (χ1) is 9.11. The van der Waals surface area contributed by atoms with E-state index in [1.165, 1.54) is 10.5 Å². The largest absolute Gasteiger partial charge is 0.343 e. The molecule has 1 amide bonds. The molecule has 1 heterocycles. The zero-order valence-corrected chi connectivity index (χ0v) is 11.2. The molecule has 0 radical (unpaired) electrons. The van der Waals surface area contributed by atoms with Gasteiger partial charge in [0.15, 0.2) is 5.69 Å². The number of nitrogens with zero attached hydrogens (tertiary/aromatic N) is 3. The minimum absolute atomic E-state index is 0.0986. The first-order valence-electron chi connectivity index (χ1n) is 6.18. The minimum Gasteiger partial charge on any atom is -0.343 e. The Morgan fingerprint density at radius 3 is 2.53 bits per heavy atom. The number of aromatic nitrogens is 2. The number of amides is 1. The van der Waals surface area contributed by atoms with E-state index >= 15 is 0 Å². The van der Waals surface area contributed by atoms with Gasteiger partial charge in [-0.3, -0.25) is 4.79 Å². The Bertz CT molecular complexity index is 557. The van der Waals surface area contributed by atoms with E-state index < -0.39 is 0 Å². The molecule has 19 heavy (non-hydrogen) atoms. The van der Waals surface area contributed by atoms with E-state index in [0.717, 1.165) is 12.1 Å². The van der Waals surface area contributed by atoms with Gasteiger partial charge >= 0.3 is 0 Å². The third-order valence-corrected chi connectivity index (χ3v) is 2.85. The summed E-state index contributed by atoms with van der Waals surface area (Å²) in [5.74, 6) is -0.0986. The Balaban J connectivity index is 2.20. The van der Waals surface area contributed by atoms with Crippen molar-refractivity contribution in [2.75, 3.05) is 20.6 Å². The molecule has 0 saturated carbocycles. The number of carbonyl (C=O) groups is 1. The number of carbonyl (C=O) groups excluding carboxylic acids is 1. The maximum Gasteiger partial charge on any atom is 0.273 e. The SMILES string of the molecule is CN(C)C(=O)c1ccn(-c2ccc(CCN)cc2)n1. The van der Waals surface area contributed by atoms with Crippen molar-refractivity contribution in [3.63, 3.8) is 0 Å². The first kappa shape index (κ1) is 13.3. The van der Waals surface area contributed by atoms with Gasteiger partial charge in [0.1, 0.15) is 0 Å². The maximum absolute atomic E-state index is 11.8. The Morgan fingerprint density at radius 2 is 1.95 bits per heavy atom. The molecule has 0 bridgehead atoms. The van der Waals surface area contributed by atoms with Gasteiger partial charge in [-0.15, -0.1) is 0 Å². The molecule has 100 valence electrons. The predicted octanol–water partition coefficient (Wildman–Crippen LogP) is 1.08. The van der Waals surface area contributed by atoms with E-state index in [1.54, 1.807) is 31.0 Å². The van der Waals surface area contributed by atoms with Gasteiger partial charge in [-0.25, -0.2) is 4.68 Å². The molecule has 0 atom stereocenters. The summed E-state index contributed by atoms with van der Waals surface area (Å²) in [5, 5.41) is 4.28. The van der Waals surface area contributed by atoms with Crippen LogP contribution in [0.5, 0.6) is 0 Å². The van der Waals surface area contributed by atoms with E-state index in [4.69, 9.17) is 5.73 Å². The van der Waals surface area contributed by atoms with Crippen LogP contribution in [0.25, 0.3) is 5.69 Å². The highest BCUT2D eigenvalue weighted by Crippen LogP contribution is 2.10. The quantitative estimate of drug-likeness (QED) is 0.892. The predicted molar refractivity (Wildman–Crippen MR) is 74.3 cm³/mol. The van der Waals surface area contributed by atoms with Crippen molar-refractivity contribution in [2.24, 2.45) is 5.73 Å². The molecule has 1 aromatic carbocycles. The fraction of sp³-hybridized carbons (Fsp3) is 0.286. The number of rotatable bonds is 4. The van der Waals surface area contributed by atoms with E-state index in [9.17, 15) is 4.79 Å². The van der Waals surface area contributed by atoms with Gasteiger partial charge in [-0.1, -0.05) is 12.1 Å². The lowest BCUT2D eigenvalue weighted by Crippen LogP contribution is -2.22. The van der Waals surface area contributed by atoms with Crippen LogP contribution in [0.2, 0.25) is 0 Å². The fourth-order valence-corrected chi connectivity index (χ4v) is 1.79. The van der Waals surface area contributed by atoms with Crippen molar-refractivity contribution in [1.82, 2.24) is 14.7 Å². The molecule has 5 nitrogen and oxygen atoms in total. The lowest BCUT2D eigenvalue weighted by molar-refractivity contribution is 0.0821.